The Hall–Kier alpha value is -0.986. The van der Waals surface area contributed by atoms with Crippen LogP contribution in [0.1, 0.15) is 55.0 Å². The number of hydrogen-bond donors (Lipinski definition) is 0. The van der Waals surface area contributed by atoms with Crippen LogP contribution < -0.4 is 28.2 Å². The van der Waals surface area contributed by atoms with Crippen molar-refractivity contribution in [3.8, 4) is 0 Å². The van der Waals surface area contributed by atoms with E-state index < -0.39 is 0 Å². The minimum absolute atomic E-state index is 0. The third kappa shape index (κ3) is 4.94. The van der Waals surface area contributed by atoms with Gasteiger partial charge in [0.15, 0.2) is 0 Å². The van der Waals surface area contributed by atoms with Gasteiger partial charge in [0.05, 0.1) is 0 Å². The third-order valence-corrected chi connectivity index (χ3v) is 6.27. The Kier molecular flexibility index (Phi) is 9.10. The first-order chi connectivity index (χ1) is 12.3. The van der Waals surface area contributed by atoms with Gasteiger partial charge in [-0.15, -0.1) is 0 Å². The summed E-state index contributed by atoms with van der Waals surface area (Å²) in [4.78, 5) is 0. The maximum absolute atomic E-state index is 2.40. The first-order valence-electron chi connectivity index (χ1n) is 9.31. The molecule has 0 heterocycles. The van der Waals surface area contributed by atoms with Gasteiger partial charge in [-0.25, -0.2) is 0 Å². The summed E-state index contributed by atoms with van der Waals surface area (Å²) in [5.41, 5.74) is 14.1. The van der Waals surface area contributed by atoms with Crippen LogP contribution in [0.25, 0.3) is 5.57 Å². The van der Waals surface area contributed by atoms with Crippen molar-refractivity contribution in [3.05, 3.63) is 80.9 Å². The molecule has 0 unspecified atom stereocenters. The molecule has 0 N–H and O–H groups in total. The number of aryl methyl sites for hydroxylation is 3. The Balaban J connectivity index is 0.00000196. The smallest absolute Gasteiger partial charge is 1.00 e. The summed E-state index contributed by atoms with van der Waals surface area (Å²) in [5.74, 6) is 0. The van der Waals surface area contributed by atoms with E-state index >= 15 is 0 Å². The molecule has 28 heavy (non-hydrogen) atoms. The van der Waals surface area contributed by atoms with E-state index in [0.29, 0.717) is 0 Å². The zero-order valence-corrected chi connectivity index (χ0v) is 20.7. The van der Waals surface area contributed by atoms with Crippen molar-refractivity contribution in [3.63, 3.8) is 0 Å². The van der Waals surface area contributed by atoms with Gasteiger partial charge >= 0.3 is 171 Å². The molecule has 1 nitrogen and oxygen atoms in total. The van der Waals surface area contributed by atoms with E-state index in [2.05, 4.69) is 102 Å². The summed E-state index contributed by atoms with van der Waals surface area (Å²) in [5, 5.41) is 0. The number of rotatable bonds is 4. The second-order valence-electron chi connectivity index (χ2n) is 7.68. The molecule has 0 atom stereocenters. The van der Waals surface area contributed by atoms with Crippen LogP contribution in [0.15, 0.2) is 53.1 Å². The molecule has 0 aromatic heterocycles. The molecule has 1 aliphatic rings. The van der Waals surface area contributed by atoms with Crippen LogP contribution in [0.3, 0.4) is 0 Å². The zero-order chi connectivity index (χ0) is 19.0. The summed E-state index contributed by atoms with van der Waals surface area (Å²) in [6.07, 6.45) is 1.08. The topological polar surface area (TPSA) is 3.24 Å². The van der Waals surface area contributed by atoms with E-state index in [1.165, 1.54) is 55.8 Å². The van der Waals surface area contributed by atoms with Crippen LogP contribution >= 0.6 is 0 Å². The van der Waals surface area contributed by atoms with Gasteiger partial charge in [0.1, 0.15) is 0 Å². The molecule has 2 aromatic carbocycles. The molecule has 147 valence electrons. The van der Waals surface area contributed by atoms with Crippen LogP contribution in [0, 0.1) is 20.8 Å². The normalized spacial score (nSPS) is 13.4. The van der Waals surface area contributed by atoms with Gasteiger partial charge in [-0.1, -0.05) is 0 Å². The van der Waals surface area contributed by atoms with Gasteiger partial charge < -0.3 is 24.8 Å². The Morgan fingerprint density at radius 1 is 0.857 bits per heavy atom. The second-order valence-corrected chi connectivity index (χ2v) is 8.52. The molecule has 1 aliphatic carbocycles. The molecule has 2 aromatic rings. The summed E-state index contributed by atoms with van der Waals surface area (Å²) < 4.78 is 2.40. The van der Waals surface area contributed by atoms with Gasteiger partial charge in [0, 0.05) is 0 Å². The quantitative estimate of drug-likeness (QED) is 0.619. The largest absolute Gasteiger partial charge is 1.00 e. The van der Waals surface area contributed by atoms with Crippen LogP contribution in [-0.2, 0) is 27.2 Å². The Labute approximate surface area is 194 Å². The molecular weight excluding hydrogens is 421 g/mol. The fourth-order valence-electron chi connectivity index (χ4n) is 4.17. The fourth-order valence-corrected chi connectivity index (χ4v) is 4.99. The van der Waals surface area contributed by atoms with E-state index in [9.17, 15) is 0 Å². The predicted octanol–water partition coefficient (Wildman–Crippen LogP) is 0.602. The Bertz CT molecular complexity index is 905. The van der Waals surface area contributed by atoms with Gasteiger partial charge in [-0.05, 0) is 0 Å². The van der Waals surface area contributed by atoms with Crippen LogP contribution in [0.4, 0.5) is 5.69 Å². The van der Waals surface area contributed by atoms with Crippen molar-refractivity contribution in [1.82, 2.24) is 0 Å². The molecule has 0 spiro atoms. The molecule has 4 heteroatoms. The van der Waals surface area contributed by atoms with Crippen LogP contribution in [0.5, 0.6) is 0 Å². The minimum Gasteiger partial charge on any atom is -1.00 e. The van der Waals surface area contributed by atoms with Crippen molar-refractivity contribution in [2.45, 2.75) is 54.5 Å². The van der Waals surface area contributed by atoms with Crippen molar-refractivity contribution in [2.24, 2.45) is 0 Å². The van der Waals surface area contributed by atoms with Gasteiger partial charge in [-0.3, -0.25) is 0 Å². The summed E-state index contributed by atoms with van der Waals surface area (Å²) >= 11 is 2.21. The number of nitrogens with zero attached hydrogens (tertiary/aromatic N) is 1. The van der Waals surface area contributed by atoms with E-state index in [1.807, 2.05) is 0 Å². The molecule has 0 amide bonds. The molecular formula is C24H28Cl2NTi. The van der Waals surface area contributed by atoms with E-state index in [1.54, 1.807) is 0 Å². The minimum atomic E-state index is 0. The number of hydrogen-bond acceptors (Lipinski definition) is 1. The third-order valence-electron chi connectivity index (χ3n) is 5.67. The first-order valence-corrected chi connectivity index (χ1v) is 10.0. The average Bonchev–Trinajstić information content (AvgIpc) is 2.82. The second kappa shape index (κ2) is 10.2. The van der Waals surface area contributed by atoms with Gasteiger partial charge in [0.25, 0.3) is 0 Å². The molecule has 0 saturated heterocycles. The SMILES string of the molecule is CC1=C(C)C(C)=C(c2ccccc2C[N]([Ti+2])c2c(C)cc(C)cc2C)C1.[Cl-].[Cl-]. The number of anilines is 1. The number of halogens is 2. The molecule has 0 fully saturated rings. The average molecular weight is 449 g/mol. The van der Waals surface area contributed by atoms with Gasteiger partial charge in [0.2, 0.25) is 0 Å². The van der Waals surface area contributed by atoms with Crippen molar-refractivity contribution in [2.75, 3.05) is 3.38 Å². The van der Waals surface area contributed by atoms with Crippen LogP contribution in [0.2, 0.25) is 0 Å². The summed E-state index contributed by atoms with van der Waals surface area (Å²) in [6, 6.07) is 13.5. The standard InChI is InChI=1S/C24H28N.2ClH.Ti/c1-15-11-17(3)24(18(4)12-15)25-14-21-9-7-8-10-22(21)23-13-16(2)19(5)20(23)6;;;/h7-12H,13-14H2,1-6H3;2*1H;/q-1;;;+3/p-2. The van der Waals surface area contributed by atoms with Crippen LogP contribution in [-0.4, -0.2) is 0 Å². The zero-order valence-electron chi connectivity index (χ0n) is 17.6. The van der Waals surface area contributed by atoms with E-state index in [-0.39, 0.29) is 24.8 Å². The summed E-state index contributed by atoms with van der Waals surface area (Å²) in [7, 11) is 0. The molecule has 3 rings (SSSR count). The Morgan fingerprint density at radius 3 is 1.96 bits per heavy atom. The maximum Gasteiger partial charge on any atom is -1.00 e. The van der Waals surface area contributed by atoms with Crippen molar-refractivity contribution < 1.29 is 45.5 Å². The number of allylic oxidation sites excluding steroid dienone is 4. The van der Waals surface area contributed by atoms with E-state index in [4.69, 9.17) is 0 Å². The molecule has 0 bridgehead atoms. The van der Waals surface area contributed by atoms with E-state index in [0.717, 1.165) is 13.0 Å². The predicted molar refractivity (Wildman–Crippen MR) is 109 cm³/mol. The molecule has 0 radical (unpaired) electrons. The summed E-state index contributed by atoms with van der Waals surface area (Å²) in [6.45, 7) is 14.3. The first kappa shape index (κ1) is 25.1. The fraction of sp³-hybridized carbons (Fsp3) is 0.333. The molecule has 0 saturated carbocycles. The van der Waals surface area contributed by atoms with Crippen molar-refractivity contribution in [1.29, 1.82) is 0 Å². The monoisotopic (exact) mass is 448 g/mol. The van der Waals surface area contributed by atoms with Crippen molar-refractivity contribution >= 4 is 11.3 Å². The molecule has 0 aliphatic heterocycles. The van der Waals surface area contributed by atoms with Gasteiger partial charge in [-0.2, -0.15) is 0 Å². The maximum atomic E-state index is 2.40. The Morgan fingerprint density at radius 2 is 1.43 bits per heavy atom. The number of benzene rings is 2.